The lowest BCUT2D eigenvalue weighted by atomic mass is 9.72. The zero-order valence-electron chi connectivity index (χ0n) is 12.1. The van der Waals surface area contributed by atoms with Crippen LogP contribution in [0, 0.1) is 5.92 Å². The van der Waals surface area contributed by atoms with Gasteiger partial charge in [-0.05, 0) is 6.42 Å². The van der Waals surface area contributed by atoms with E-state index in [0.29, 0.717) is 12.3 Å². The van der Waals surface area contributed by atoms with Crippen LogP contribution in [-0.2, 0) is 26.0 Å². The smallest absolute Gasteiger partial charge is 0.226 e. The number of ether oxygens (including phenoxy) is 1. The first-order valence-electron chi connectivity index (χ1n) is 7.07. The van der Waals surface area contributed by atoms with Crippen molar-refractivity contribution in [1.82, 2.24) is 20.0 Å². The number of carbonyl (C=O) groups is 1. The average molecular weight is 326 g/mol. The molecule has 2 N–H and O–H groups in total. The SMILES string of the molecule is CS(=O)(=O)N[C@H]1[C@H](NC(=O)Cc2cnccn2)[C@@H]2CCO[C@@H]21. The van der Waals surface area contributed by atoms with E-state index in [9.17, 15) is 13.2 Å². The first-order chi connectivity index (χ1) is 10.4. The van der Waals surface area contributed by atoms with Gasteiger partial charge in [-0.15, -0.1) is 0 Å². The van der Waals surface area contributed by atoms with Crippen LogP contribution in [0.1, 0.15) is 12.1 Å². The minimum Gasteiger partial charge on any atom is -0.376 e. The normalized spacial score (nSPS) is 30.4. The van der Waals surface area contributed by atoms with Gasteiger partial charge in [0.25, 0.3) is 0 Å². The minimum absolute atomic E-state index is 0.119. The summed E-state index contributed by atoms with van der Waals surface area (Å²) in [5, 5.41) is 2.90. The molecule has 2 fully saturated rings. The van der Waals surface area contributed by atoms with Gasteiger partial charge in [-0.25, -0.2) is 13.1 Å². The van der Waals surface area contributed by atoms with Crippen LogP contribution in [0.2, 0.25) is 0 Å². The Kier molecular flexibility index (Phi) is 4.11. The molecule has 1 aliphatic heterocycles. The number of amides is 1. The van der Waals surface area contributed by atoms with Crippen molar-refractivity contribution in [3.8, 4) is 0 Å². The molecule has 3 rings (SSSR count). The third-order valence-corrected chi connectivity index (χ3v) is 4.72. The highest BCUT2D eigenvalue weighted by molar-refractivity contribution is 7.88. The first kappa shape index (κ1) is 15.3. The maximum atomic E-state index is 12.1. The van der Waals surface area contributed by atoms with E-state index in [1.54, 1.807) is 6.20 Å². The van der Waals surface area contributed by atoms with Crippen LogP contribution < -0.4 is 10.0 Å². The predicted molar refractivity (Wildman–Crippen MR) is 77.3 cm³/mol. The summed E-state index contributed by atoms with van der Waals surface area (Å²) < 4.78 is 31.0. The molecule has 1 aliphatic carbocycles. The maximum absolute atomic E-state index is 12.1. The quantitative estimate of drug-likeness (QED) is 0.706. The molecule has 22 heavy (non-hydrogen) atoms. The number of rotatable bonds is 5. The fraction of sp³-hybridized carbons (Fsp3) is 0.615. The Hall–Kier alpha value is -1.58. The molecule has 0 bridgehead atoms. The third-order valence-electron chi connectivity index (χ3n) is 4.02. The van der Waals surface area contributed by atoms with Gasteiger partial charge in [0.05, 0.1) is 36.6 Å². The van der Waals surface area contributed by atoms with Gasteiger partial charge in [-0.3, -0.25) is 14.8 Å². The van der Waals surface area contributed by atoms with Gasteiger partial charge in [0.1, 0.15) is 0 Å². The van der Waals surface area contributed by atoms with Crippen LogP contribution in [0.3, 0.4) is 0 Å². The Morgan fingerprint density at radius 3 is 2.91 bits per heavy atom. The number of sulfonamides is 1. The lowest BCUT2D eigenvalue weighted by Gasteiger charge is -2.47. The Balaban J connectivity index is 1.63. The summed E-state index contributed by atoms with van der Waals surface area (Å²) in [4.78, 5) is 20.1. The highest BCUT2D eigenvalue weighted by Gasteiger charge is 2.55. The minimum atomic E-state index is -3.35. The van der Waals surface area contributed by atoms with Crippen molar-refractivity contribution >= 4 is 15.9 Å². The van der Waals surface area contributed by atoms with Crippen LogP contribution in [0.15, 0.2) is 18.6 Å². The Morgan fingerprint density at radius 2 is 2.23 bits per heavy atom. The number of fused-ring (bicyclic) bond motifs is 1. The molecule has 1 saturated heterocycles. The molecule has 8 nitrogen and oxygen atoms in total. The van der Waals surface area contributed by atoms with Gasteiger partial charge in [0, 0.05) is 31.1 Å². The van der Waals surface area contributed by atoms with Crippen LogP contribution in [0.4, 0.5) is 0 Å². The van der Waals surface area contributed by atoms with E-state index in [-0.39, 0.29) is 30.4 Å². The molecule has 0 unspecified atom stereocenters. The highest BCUT2D eigenvalue weighted by atomic mass is 32.2. The molecule has 0 spiro atoms. The molecule has 0 aromatic carbocycles. The summed E-state index contributed by atoms with van der Waals surface area (Å²) in [6.45, 7) is 0.591. The molecule has 0 radical (unpaired) electrons. The molecule has 9 heteroatoms. The first-order valence-corrected chi connectivity index (χ1v) is 8.96. The van der Waals surface area contributed by atoms with Crippen molar-refractivity contribution in [2.75, 3.05) is 12.9 Å². The topological polar surface area (TPSA) is 110 Å². The second-order valence-corrected chi connectivity index (χ2v) is 7.45. The summed E-state index contributed by atoms with van der Waals surface area (Å²) in [6, 6.07) is -0.653. The van der Waals surface area contributed by atoms with Gasteiger partial charge in [0.2, 0.25) is 15.9 Å². The van der Waals surface area contributed by atoms with Gasteiger partial charge in [0.15, 0.2) is 0 Å². The number of nitrogens with one attached hydrogen (secondary N) is 2. The summed E-state index contributed by atoms with van der Waals surface area (Å²) in [5.41, 5.74) is 0.575. The van der Waals surface area contributed by atoms with Crippen LogP contribution in [0.25, 0.3) is 0 Å². The van der Waals surface area contributed by atoms with Gasteiger partial charge >= 0.3 is 0 Å². The largest absolute Gasteiger partial charge is 0.376 e. The van der Waals surface area contributed by atoms with Crippen LogP contribution in [0.5, 0.6) is 0 Å². The predicted octanol–water partition coefficient (Wildman–Crippen LogP) is -1.16. The molecule has 2 aliphatic rings. The fourth-order valence-corrected chi connectivity index (χ4v) is 3.89. The molecule has 1 aromatic heterocycles. The van der Waals surface area contributed by atoms with E-state index in [4.69, 9.17) is 4.74 Å². The lowest BCUT2D eigenvalue weighted by molar-refractivity contribution is -0.124. The number of hydrogen-bond acceptors (Lipinski definition) is 6. The van der Waals surface area contributed by atoms with Gasteiger partial charge in [-0.1, -0.05) is 0 Å². The van der Waals surface area contributed by atoms with Crippen molar-refractivity contribution in [1.29, 1.82) is 0 Å². The van der Waals surface area contributed by atoms with E-state index in [1.165, 1.54) is 12.4 Å². The zero-order valence-corrected chi connectivity index (χ0v) is 12.9. The Bertz CT molecular complexity index is 651. The van der Waals surface area contributed by atoms with Crippen LogP contribution in [-0.4, -0.2) is 55.3 Å². The number of carbonyl (C=O) groups excluding carboxylic acids is 1. The van der Waals surface area contributed by atoms with Gasteiger partial charge < -0.3 is 10.1 Å². The fourth-order valence-electron chi connectivity index (χ4n) is 3.11. The molecular weight excluding hydrogens is 308 g/mol. The van der Waals surface area contributed by atoms with Crippen molar-refractivity contribution < 1.29 is 17.9 Å². The number of aromatic nitrogens is 2. The van der Waals surface area contributed by atoms with Crippen molar-refractivity contribution in [2.24, 2.45) is 5.92 Å². The van der Waals surface area contributed by atoms with Crippen molar-refractivity contribution in [3.05, 3.63) is 24.3 Å². The lowest BCUT2D eigenvalue weighted by Crippen LogP contribution is -2.70. The summed E-state index contributed by atoms with van der Waals surface area (Å²) in [6.07, 6.45) is 6.50. The Morgan fingerprint density at radius 1 is 1.41 bits per heavy atom. The second kappa shape index (κ2) is 5.90. The zero-order chi connectivity index (χ0) is 15.7. The van der Waals surface area contributed by atoms with Crippen LogP contribution >= 0.6 is 0 Å². The second-order valence-electron chi connectivity index (χ2n) is 5.67. The van der Waals surface area contributed by atoms with Crippen molar-refractivity contribution in [3.63, 3.8) is 0 Å². The van der Waals surface area contributed by atoms with E-state index in [2.05, 4.69) is 20.0 Å². The Labute approximate surface area is 128 Å². The standard InChI is InChI=1S/C13H18N4O4S/c1-22(19,20)17-12-11(9-2-5-21-13(9)12)16-10(18)6-8-7-14-3-4-15-8/h3-4,7,9,11-13,17H,2,5-6H2,1H3,(H,16,18)/t9-,11+,12-,13-/m0/s1. The molecule has 1 amide bonds. The van der Waals surface area contributed by atoms with Gasteiger partial charge in [-0.2, -0.15) is 0 Å². The highest BCUT2D eigenvalue weighted by Crippen LogP contribution is 2.39. The molecule has 4 atom stereocenters. The van der Waals surface area contributed by atoms with Crippen molar-refractivity contribution in [2.45, 2.75) is 31.0 Å². The molecule has 1 saturated carbocycles. The maximum Gasteiger partial charge on any atom is 0.226 e. The number of nitrogens with zero attached hydrogens (tertiary/aromatic N) is 2. The summed E-state index contributed by atoms with van der Waals surface area (Å²) in [7, 11) is -3.35. The van der Waals surface area contributed by atoms with E-state index in [0.717, 1.165) is 12.7 Å². The summed E-state index contributed by atoms with van der Waals surface area (Å²) >= 11 is 0. The molecular formula is C13H18N4O4S. The van der Waals surface area contributed by atoms with E-state index >= 15 is 0 Å². The summed E-state index contributed by atoms with van der Waals surface area (Å²) in [5.74, 6) is -0.0405. The average Bonchev–Trinajstić information content (AvgIpc) is 2.87. The third kappa shape index (κ3) is 3.26. The molecule has 120 valence electrons. The monoisotopic (exact) mass is 326 g/mol. The van der Waals surface area contributed by atoms with E-state index in [1.807, 2.05) is 0 Å². The molecule has 2 heterocycles. The number of hydrogen-bond donors (Lipinski definition) is 2. The molecule has 1 aromatic rings. The van der Waals surface area contributed by atoms with E-state index < -0.39 is 16.1 Å².